The van der Waals surface area contributed by atoms with Crippen LogP contribution in [0.2, 0.25) is 0 Å². The maximum Gasteiger partial charge on any atom is 0.311 e. The van der Waals surface area contributed by atoms with Crippen LogP contribution in [0.1, 0.15) is 43.4 Å². The predicted molar refractivity (Wildman–Crippen MR) is 80.7 cm³/mol. The molecule has 3 heteroatoms. The summed E-state index contributed by atoms with van der Waals surface area (Å²) < 4.78 is 0. The second kappa shape index (κ2) is 5.96. The predicted octanol–water partition coefficient (Wildman–Crippen LogP) is 2.79. The third-order valence-corrected chi connectivity index (χ3v) is 4.35. The Bertz CT molecular complexity index is 496. The van der Waals surface area contributed by atoms with Crippen LogP contribution in [-0.4, -0.2) is 17.6 Å². The van der Waals surface area contributed by atoms with Gasteiger partial charge in [0.1, 0.15) is 0 Å². The maximum absolute atomic E-state index is 11.7. The number of hydrogen-bond acceptors (Lipinski definition) is 2. The van der Waals surface area contributed by atoms with E-state index in [-0.39, 0.29) is 6.54 Å². The highest BCUT2D eigenvalue weighted by atomic mass is 16.4. The second-order valence-corrected chi connectivity index (χ2v) is 6.52. The van der Waals surface area contributed by atoms with Crippen LogP contribution in [0.3, 0.4) is 0 Å². The third-order valence-electron chi connectivity index (χ3n) is 4.35. The second-order valence-electron chi connectivity index (χ2n) is 6.52. The van der Waals surface area contributed by atoms with Gasteiger partial charge in [-0.1, -0.05) is 32.0 Å². The number of carbonyl (C=O) groups is 1. The van der Waals surface area contributed by atoms with Gasteiger partial charge in [0.15, 0.2) is 0 Å². The summed E-state index contributed by atoms with van der Waals surface area (Å²) in [6.45, 7) is 4.30. The number of aryl methyl sites for hydroxylation is 2. The lowest BCUT2D eigenvalue weighted by atomic mass is 9.75. The minimum Gasteiger partial charge on any atom is -0.481 e. The molecule has 0 saturated heterocycles. The Morgan fingerprint density at radius 2 is 2.05 bits per heavy atom. The van der Waals surface area contributed by atoms with Crippen LogP contribution in [0.5, 0.6) is 0 Å². The topological polar surface area (TPSA) is 63.3 Å². The average molecular weight is 275 g/mol. The van der Waals surface area contributed by atoms with E-state index in [1.807, 2.05) is 0 Å². The summed E-state index contributed by atoms with van der Waals surface area (Å²) in [5.74, 6) is -0.446. The standard InChI is InChI=1S/C17H25NO2/c1-12(2)9-17(11-18,16(19)20)10-13-6-7-14-4-3-5-15(14)8-13/h6-8,12H,3-5,9-11,18H2,1-2H3,(H,19,20). The van der Waals surface area contributed by atoms with Crippen molar-refractivity contribution in [2.45, 2.75) is 46.0 Å². The SMILES string of the molecule is CC(C)CC(CN)(Cc1ccc2c(c1)CCC2)C(=O)O. The Labute approximate surface area is 121 Å². The zero-order valence-corrected chi connectivity index (χ0v) is 12.5. The molecule has 0 amide bonds. The molecule has 3 N–H and O–H groups in total. The van der Waals surface area contributed by atoms with E-state index in [2.05, 4.69) is 32.0 Å². The van der Waals surface area contributed by atoms with Crippen LogP contribution in [-0.2, 0) is 24.1 Å². The van der Waals surface area contributed by atoms with Gasteiger partial charge in [-0.2, -0.15) is 0 Å². The van der Waals surface area contributed by atoms with Crippen LogP contribution in [0, 0.1) is 11.3 Å². The molecular formula is C17H25NO2. The number of rotatable bonds is 6. The van der Waals surface area contributed by atoms with Crippen molar-refractivity contribution < 1.29 is 9.90 Å². The Balaban J connectivity index is 2.25. The van der Waals surface area contributed by atoms with E-state index >= 15 is 0 Å². The Hall–Kier alpha value is -1.35. The van der Waals surface area contributed by atoms with Crippen LogP contribution in [0.15, 0.2) is 18.2 Å². The lowest BCUT2D eigenvalue weighted by Crippen LogP contribution is -2.41. The molecule has 1 aliphatic rings. The van der Waals surface area contributed by atoms with Crippen molar-refractivity contribution in [1.29, 1.82) is 0 Å². The first-order valence-electron chi connectivity index (χ1n) is 7.51. The molecule has 0 saturated carbocycles. The first kappa shape index (κ1) is 15.0. The van der Waals surface area contributed by atoms with E-state index < -0.39 is 11.4 Å². The molecule has 0 fully saturated rings. The van der Waals surface area contributed by atoms with Gasteiger partial charge in [0.2, 0.25) is 0 Å². The fraction of sp³-hybridized carbons (Fsp3) is 0.588. The Kier molecular flexibility index (Phi) is 4.48. The summed E-state index contributed by atoms with van der Waals surface area (Å²) in [6, 6.07) is 6.43. The van der Waals surface area contributed by atoms with Gasteiger partial charge in [-0.25, -0.2) is 0 Å². The molecule has 1 unspecified atom stereocenters. The Morgan fingerprint density at radius 1 is 1.35 bits per heavy atom. The van der Waals surface area contributed by atoms with Gasteiger partial charge < -0.3 is 10.8 Å². The number of carboxylic acids is 1. The summed E-state index contributed by atoms with van der Waals surface area (Å²) in [4.78, 5) is 11.7. The highest BCUT2D eigenvalue weighted by molar-refractivity contribution is 5.75. The quantitative estimate of drug-likeness (QED) is 0.839. The molecule has 0 aromatic heterocycles. The maximum atomic E-state index is 11.7. The first-order valence-corrected chi connectivity index (χ1v) is 7.51. The largest absolute Gasteiger partial charge is 0.481 e. The molecule has 0 heterocycles. The molecule has 1 atom stereocenters. The molecule has 1 aliphatic carbocycles. The molecule has 110 valence electrons. The van der Waals surface area contributed by atoms with Gasteiger partial charge in [0, 0.05) is 6.54 Å². The van der Waals surface area contributed by atoms with Crippen molar-refractivity contribution in [2.24, 2.45) is 17.1 Å². The van der Waals surface area contributed by atoms with Crippen molar-refractivity contribution in [3.8, 4) is 0 Å². The summed E-state index contributed by atoms with van der Waals surface area (Å²) in [5, 5.41) is 9.65. The number of aliphatic carboxylic acids is 1. The van der Waals surface area contributed by atoms with Crippen molar-refractivity contribution in [1.82, 2.24) is 0 Å². The molecule has 0 radical (unpaired) electrons. The monoisotopic (exact) mass is 275 g/mol. The van der Waals surface area contributed by atoms with Gasteiger partial charge in [-0.05, 0) is 54.7 Å². The first-order chi connectivity index (χ1) is 9.47. The fourth-order valence-electron chi connectivity index (χ4n) is 3.39. The molecule has 0 aliphatic heterocycles. The van der Waals surface area contributed by atoms with E-state index in [0.29, 0.717) is 18.8 Å². The number of nitrogens with two attached hydrogens (primary N) is 1. The molecule has 3 nitrogen and oxygen atoms in total. The lowest BCUT2D eigenvalue weighted by Gasteiger charge is -2.30. The van der Waals surface area contributed by atoms with Crippen molar-refractivity contribution in [2.75, 3.05) is 6.54 Å². The van der Waals surface area contributed by atoms with Crippen molar-refractivity contribution in [3.05, 3.63) is 34.9 Å². The van der Waals surface area contributed by atoms with Gasteiger partial charge >= 0.3 is 5.97 Å². The minimum atomic E-state index is -0.832. The number of benzene rings is 1. The molecule has 0 bridgehead atoms. The van der Waals surface area contributed by atoms with E-state index in [1.54, 1.807) is 0 Å². The zero-order valence-electron chi connectivity index (χ0n) is 12.5. The third kappa shape index (κ3) is 3.04. The summed E-state index contributed by atoms with van der Waals surface area (Å²) in [5.41, 5.74) is 8.93. The molecule has 0 spiro atoms. The van der Waals surface area contributed by atoms with Crippen molar-refractivity contribution in [3.63, 3.8) is 0 Å². The molecule has 1 aromatic rings. The number of carboxylic acid groups (broad SMARTS) is 1. The van der Waals surface area contributed by atoms with Crippen molar-refractivity contribution >= 4 is 5.97 Å². The van der Waals surface area contributed by atoms with E-state index in [1.165, 1.54) is 17.5 Å². The number of hydrogen-bond donors (Lipinski definition) is 2. The average Bonchev–Trinajstić information content (AvgIpc) is 2.84. The van der Waals surface area contributed by atoms with Gasteiger partial charge in [0.25, 0.3) is 0 Å². The zero-order chi connectivity index (χ0) is 14.8. The van der Waals surface area contributed by atoms with Gasteiger partial charge in [-0.15, -0.1) is 0 Å². The summed E-state index contributed by atoms with van der Waals surface area (Å²) in [7, 11) is 0. The van der Waals surface area contributed by atoms with Gasteiger partial charge in [0.05, 0.1) is 5.41 Å². The highest BCUT2D eigenvalue weighted by Crippen LogP contribution is 2.32. The van der Waals surface area contributed by atoms with Crippen LogP contribution in [0.25, 0.3) is 0 Å². The fourth-order valence-corrected chi connectivity index (χ4v) is 3.39. The normalized spacial score (nSPS) is 17.0. The minimum absolute atomic E-state index is 0.192. The van der Waals surface area contributed by atoms with Crippen LogP contribution < -0.4 is 5.73 Å². The summed E-state index contributed by atoms with van der Waals surface area (Å²) in [6.07, 6.45) is 4.64. The van der Waals surface area contributed by atoms with Gasteiger partial charge in [-0.3, -0.25) is 4.79 Å². The van der Waals surface area contributed by atoms with E-state index in [9.17, 15) is 9.90 Å². The molecule has 2 rings (SSSR count). The molecule has 20 heavy (non-hydrogen) atoms. The smallest absolute Gasteiger partial charge is 0.311 e. The van der Waals surface area contributed by atoms with E-state index in [0.717, 1.165) is 18.4 Å². The molecular weight excluding hydrogens is 250 g/mol. The molecule has 1 aromatic carbocycles. The van der Waals surface area contributed by atoms with Crippen LogP contribution >= 0.6 is 0 Å². The summed E-state index contributed by atoms with van der Waals surface area (Å²) >= 11 is 0. The highest BCUT2D eigenvalue weighted by Gasteiger charge is 2.38. The van der Waals surface area contributed by atoms with E-state index in [4.69, 9.17) is 5.73 Å². The number of fused-ring (bicyclic) bond motifs is 1. The van der Waals surface area contributed by atoms with Crippen LogP contribution in [0.4, 0.5) is 0 Å². The Morgan fingerprint density at radius 3 is 2.65 bits per heavy atom. The lowest BCUT2D eigenvalue weighted by molar-refractivity contribution is -0.149.